The molecular weight excluding hydrogens is 219 g/mol. The standard InChI is InChI=1S/C9H13FN2O2S/c1-2-6-12-9-7(10)4-3-5-8(9)15(11,13)14/h3-5,12H,2,6H2,1H3,(H2,11,13,14). The monoisotopic (exact) mass is 232 g/mol. The molecule has 0 amide bonds. The maximum Gasteiger partial charge on any atom is 0.240 e. The lowest BCUT2D eigenvalue weighted by Gasteiger charge is -2.10. The third-order valence-electron chi connectivity index (χ3n) is 1.83. The second kappa shape index (κ2) is 4.59. The van der Waals surface area contributed by atoms with Gasteiger partial charge in [-0.05, 0) is 18.6 Å². The Balaban J connectivity index is 3.21. The summed E-state index contributed by atoms with van der Waals surface area (Å²) in [5, 5.41) is 7.67. The fourth-order valence-electron chi connectivity index (χ4n) is 1.16. The van der Waals surface area contributed by atoms with Gasteiger partial charge in [-0.2, -0.15) is 0 Å². The first-order valence-corrected chi connectivity index (χ1v) is 6.06. The van der Waals surface area contributed by atoms with Crippen LogP contribution in [-0.4, -0.2) is 15.0 Å². The van der Waals surface area contributed by atoms with Crippen molar-refractivity contribution in [2.75, 3.05) is 11.9 Å². The molecule has 1 rings (SSSR count). The highest BCUT2D eigenvalue weighted by atomic mass is 32.2. The number of hydrogen-bond donors (Lipinski definition) is 2. The Labute approximate surface area is 88.3 Å². The summed E-state index contributed by atoms with van der Waals surface area (Å²) in [6, 6.07) is 3.77. The molecule has 3 N–H and O–H groups in total. The van der Waals surface area contributed by atoms with Gasteiger partial charge >= 0.3 is 0 Å². The fourth-order valence-corrected chi connectivity index (χ4v) is 1.89. The van der Waals surface area contributed by atoms with E-state index in [0.717, 1.165) is 6.42 Å². The molecule has 0 aliphatic rings. The molecule has 0 aliphatic heterocycles. The molecule has 15 heavy (non-hydrogen) atoms. The summed E-state index contributed by atoms with van der Waals surface area (Å²) >= 11 is 0. The van der Waals surface area contributed by atoms with Crippen LogP contribution in [0.1, 0.15) is 13.3 Å². The zero-order chi connectivity index (χ0) is 11.5. The van der Waals surface area contributed by atoms with E-state index < -0.39 is 15.8 Å². The number of primary sulfonamides is 1. The first-order valence-electron chi connectivity index (χ1n) is 4.52. The number of anilines is 1. The highest BCUT2D eigenvalue weighted by molar-refractivity contribution is 7.89. The summed E-state index contributed by atoms with van der Waals surface area (Å²) in [4.78, 5) is -0.212. The minimum atomic E-state index is -3.89. The molecule has 0 aromatic heterocycles. The van der Waals surface area contributed by atoms with E-state index in [1.54, 1.807) is 0 Å². The van der Waals surface area contributed by atoms with Gasteiger partial charge in [-0.3, -0.25) is 0 Å². The van der Waals surface area contributed by atoms with Gasteiger partial charge in [0.2, 0.25) is 10.0 Å². The van der Waals surface area contributed by atoms with E-state index in [-0.39, 0.29) is 10.6 Å². The van der Waals surface area contributed by atoms with Crippen LogP contribution >= 0.6 is 0 Å². The lowest BCUT2D eigenvalue weighted by Crippen LogP contribution is -2.16. The van der Waals surface area contributed by atoms with Gasteiger partial charge in [0.1, 0.15) is 10.7 Å². The molecule has 4 nitrogen and oxygen atoms in total. The minimum Gasteiger partial charge on any atom is -0.382 e. The van der Waals surface area contributed by atoms with Crippen molar-refractivity contribution in [2.45, 2.75) is 18.2 Å². The lowest BCUT2D eigenvalue weighted by atomic mass is 10.3. The number of para-hydroxylation sites is 1. The molecule has 0 radical (unpaired) electrons. The third-order valence-corrected chi connectivity index (χ3v) is 2.79. The van der Waals surface area contributed by atoms with Gasteiger partial charge in [0, 0.05) is 6.54 Å². The highest BCUT2D eigenvalue weighted by Crippen LogP contribution is 2.23. The van der Waals surface area contributed by atoms with Crippen LogP contribution in [0.5, 0.6) is 0 Å². The average molecular weight is 232 g/mol. The molecule has 0 saturated carbocycles. The van der Waals surface area contributed by atoms with E-state index in [1.807, 2.05) is 6.92 Å². The minimum absolute atomic E-state index is 0.0538. The van der Waals surface area contributed by atoms with Crippen LogP contribution in [0.3, 0.4) is 0 Å². The number of rotatable bonds is 4. The number of halogens is 1. The zero-order valence-electron chi connectivity index (χ0n) is 8.33. The van der Waals surface area contributed by atoms with Crippen molar-refractivity contribution in [2.24, 2.45) is 5.14 Å². The van der Waals surface area contributed by atoms with E-state index >= 15 is 0 Å². The van der Waals surface area contributed by atoms with E-state index in [9.17, 15) is 12.8 Å². The number of benzene rings is 1. The quantitative estimate of drug-likeness (QED) is 0.821. The number of sulfonamides is 1. The van der Waals surface area contributed by atoms with E-state index in [0.29, 0.717) is 6.54 Å². The molecule has 0 fully saturated rings. The summed E-state index contributed by atoms with van der Waals surface area (Å²) in [5.41, 5.74) is -0.0538. The van der Waals surface area contributed by atoms with E-state index in [2.05, 4.69) is 5.32 Å². The Hall–Kier alpha value is -1.14. The van der Waals surface area contributed by atoms with Crippen molar-refractivity contribution in [1.29, 1.82) is 0 Å². The molecule has 84 valence electrons. The Bertz CT molecular complexity index is 445. The molecule has 0 spiro atoms. The zero-order valence-corrected chi connectivity index (χ0v) is 9.14. The molecule has 1 aromatic rings. The highest BCUT2D eigenvalue weighted by Gasteiger charge is 2.16. The van der Waals surface area contributed by atoms with E-state index in [4.69, 9.17) is 5.14 Å². The number of nitrogens with one attached hydrogen (secondary N) is 1. The topological polar surface area (TPSA) is 72.2 Å². The summed E-state index contributed by atoms with van der Waals surface area (Å²) in [6.45, 7) is 2.38. The van der Waals surface area contributed by atoms with Crippen LogP contribution < -0.4 is 10.5 Å². The van der Waals surface area contributed by atoms with Crippen LogP contribution in [0.15, 0.2) is 23.1 Å². The fraction of sp³-hybridized carbons (Fsp3) is 0.333. The van der Waals surface area contributed by atoms with Crippen molar-refractivity contribution < 1.29 is 12.8 Å². The van der Waals surface area contributed by atoms with Gasteiger partial charge in [-0.1, -0.05) is 13.0 Å². The van der Waals surface area contributed by atoms with E-state index in [1.165, 1.54) is 18.2 Å². The number of nitrogens with two attached hydrogens (primary N) is 1. The largest absolute Gasteiger partial charge is 0.382 e. The van der Waals surface area contributed by atoms with Crippen molar-refractivity contribution in [3.05, 3.63) is 24.0 Å². The first-order chi connectivity index (χ1) is 6.96. The molecule has 0 bridgehead atoms. The van der Waals surface area contributed by atoms with Crippen molar-refractivity contribution >= 4 is 15.7 Å². The number of hydrogen-bond acceptors (Lipinski definition) is 3. The van der Waals surface area contributed by atoms with Gasteiger partial charge in [0.25, 0.3) is 0 Å². The predicted molar refractivity (Wildman–Crippen MR) is 56.6 cm³/mol. The first kappa shape index (κ1) is 11.9. The summed E-state index contributed by atoms with van der Waals surface area (Å²) < 4.78 is 35.6. The van der Waals surface area contributed by atoms with Crippen LogP contribution in [-0.2, 0) is 10.0 Å². The molecule has 6 heteroatoms. The Kier molecular flexibility index (Phi) is 3.65. The second-order valence-corrected chi connectivity index (χ2v) is 4.61. The Morgan fingerprint density at radius 2 is 2.13 bits per heavy atom. The third kappa shape index (κ3) is 2.90. The van der Waals surface area contributed by atoms with Gasteiger partial charge in [-0.25, -0.2) is 17.9 Å². The van der Waals surface area contributed by atoms with Gasteiger partial charge < -0.3 is 5.32 Å². The summed E-state index contributed by atoms with van der Waals surface area (Å²) in [5.74, 6) is -0.616. The Morgan fingerprint density at radius 1 is 1.47 bits per heavy atom. The molecule has 0 unspecified atom stereocenters. The smallest absolute Gasteiger partial charge is 0.240 e. The molecule has 0 saturated heterocycles. The van der Waals surface area contributed by atoms with Crippen molar-refractivity contribution in [3.63, 3.8) is 0 Å². The van der Waals surface area contributed by atoms with Crippen molar-refractivity contribution in [3.8, 4) is 0 Å². The van der Waals surface area contributed by atoms with Crippen LogP contribution in [0.2, 0.25) is 0 Å². The average Bonchev–Trinajstić information content (AvgIpc) is 2.14. The summed E-state index contributed by atoms with van der Waals surface area (Å²) in [7, 11) is -3.89. The summed E-state index contributed by atoms with van der Waals surface area (Å²) in [6.07, 6.45) is 0.762. The second-order valence-electron chi connectivity index (χ2n) is 3.08. The molecule has 1 aromatic carbocycles. The lowest BCUT2D eigenvalue weighted by molar-refractivity contribution is 0.593. The maximum atomic E-state index is 13.3. The van der Waals surface area contributed by atoms with Crippen LogP contribution in [0.4, 0.5) is 10.1 Å². The van der Waals surface area contributed by atoms with Crippen LogP contribution in [0.25, 0.3) is 0 Å². The van der Waals surface area contributed by atoms with Gasteiger partial charge in [0.15, 0.2) is 0 Å². The van der Waals surface area contributed by atoms with Crippen LogP contribution in [0, 0.1) is 5.82 Å². The van der Waals surface area contributed by atoms with Gasteiger partial charge in [0.05, 0.1) is 5.69 Å². The molecule has 0 heterocycles. The maximum absolute atomic E-state index is 13.3. The molecule has 0 atom stereocenters. The predicted octanol–water partition coefficient (Wildman–Crippen LogP) is 1.29. The molecular formula is C9H13FN2O2S. The SMILES string of the molecule is CCCNc1c(F)cccc1S(N)(=O)=O. The normalized spacial score (nSPS) is 11.4. The van der Waals surface area contributed by atoms with Crippen molar-refractivity contribution in [1.82, 2.24) is 0 Å². The van der Waals surface area contributed by atoms with Gasteiger partial charge in [-0.15, -0.1) is 0 Å². The Morgan fingerprint density at radius 3 is 2.67 bits per heavy atom. The molecule has 0 aliphatic carbocycles.